The molecule has 0 spiro atoms. The normalized spacial score (nSPS) is 11.8. The van der Waals surface area contributed by atoms with Crippen LogP contribution in [0.15, 0.2) is 89.9 Å². The van der Waals surface area contributed by atoms with Gasteiger partial charge in [-0.3, -0.25) is 4.31 Å². The number of anilines is 1. The van der Waals surface area contributed by atoms with Crippen LogP contribution in [-0.2, 0) is 16.6 Å². The van der Waals surface area contributed by atoms with Gasteiger partial charge in [0.05, 0.1) is 34.6 Å². The molecule has 0 aliphatic carbocycles. The fourth-order valence-electron chi connectivity index (χ4n) is 5.59. The van der Waals surface area contributed by atoms with E-state index in [4.69, 9.17) is 15.1 Å². The smallest absolute Gasteiger partial charge is 0.232 e. The second-order valence-electron chi connectivity index (χ2n) is 10.6. The Morgan fingerprint density at radius 3 is 2.47 bits per heavy atom. The van der Waals surface area contributed by atoms with Crippen LogP contribution in [-0.4, -0.2) is 31.3 Å². The van der Waals surface area contributed by atoms with Crippen molar-refractivity contribution in [3.8, 4) is 34.0 Å². The number of benzene rings is 3. The molecule has 9 heteroatoms. The van der Waals surface area contributed by atoms with Crippen LogP contribution in [0.1, 0.15) is 18.1 Å². The number of pyridine rings is 1. The van der Waals surface area contributed by atoms with Crippen LogP contribution in [0.5, 0.6) is 0 Å². The maximum Gasteiger partial charge on any atom is 0.232 e. The lowest BCUT2D eigenvalue weighted by Crippen LogP contribution is -2.25. The van der Waals surface area contributed by atoms with Crippen LogP contribution in [0.2, 0.25) is 0 Å². The van der Waals surface area contributed by atoms with E-state index >= 15 is 0 Å². The second kappa shape index (κ2) is 10.4. The van der Waals surface area contributed by atoms with Gasteiger partial charge in [-0.05, 0) is 67.9 Å². The molecule has 0 atom stereocenters. The van der Waals surface area contributed by atoms with E-state index in [9.17, 15) is 12.8 Å². The quantitative estimate of drug-likeness (QED) is 0.206. The van der Waals surface area contributed by atoms with E-state index < -0.39 is 10.0 Å². The topological polar surface area (TPSA) is 94.4 Å². The van der Waals surface area contributed by atoms with Crippen LogP contribution in [0.3, 0.4) is 0 Å². The predicted molar refractivity (Wildman–Crippen MR) is 173 cm³/mol. The Balaban J connectivity index is 1.64. The molecule has 6 rings (SSSR count). The van der Waals surface area contributed by atoms with Crippen molar-refractivity contribution in [3.05, 3.63) is 102 Å². The average molecular weight is 595 g/mol. The number of aryl methyl sites for hydroxylation is 2. The third-order valence-corrected chi connectivity index (χ3v) is 9.00. The Bertz CT molecular complexity index is 2160. The maximum absolute atomic E-state index is 13.7. The van der Waals surface area contributed by atoms with Gasteiger partial charge in [0, 0.05) is 52.8 Å². The van der Waals surface area contributed by atoms with E-state index in [2.05, 4.69) is 36.3 Å². The molecule has 0 radical (unpaired) electrons. The van der Waals surface area contributed by atoms with E-state index in [1.165, 1.54) is 23.5 Å². The second-order valence-corrected chi connectivity index (χ2v) is 12.6. The van der Waals surface area contributed by atoms with E-state index in [0.29, 0.717) is 44.8 Å². The Hall–Kier alpha value is -4.89. The zero-order valence-electron chi connectivity index (χ0n) is 24.3. The first kappa shape index (κ1) is 28.2. The first-order valence-electron chi connectivity index (χ1n) is 13.8. The first-order valence-corrected chi connectivity index (χ1v) is 15.6. The number of aromatic nitrogens is 2. The summed E-state index contributed by atoms with van der Waals surface area (Å²) in [5.41, 5.74) is 13.5. The summed E-state index contributed by atoms with van der Waals surface area (Å²) in [5.74, 6) is 0.0355. The molecule has 218 valence electrons. The lowest BCUT2D eigenvalue weighted by molar-refractivity contribution is 0.600. The molecule has 6 aromatic rings. The summed E-state index contributed by atoms with van der Waals surface area (Å²) in [5, 5.41) is 1.75. The Kier molecular flexibility index (Phi) is 6.85. The minimum absolute atomic E-state index is 0.262. The molecular formula is C34H31FN4O3S. The molecule has 0 amide bonds. The van der Waals surface area contributed by atoms with Crippen LogP contribution in [0.25, 0.3) is 61.5 Å². The van der Waals surface area contributed by atoms with Crippen molar-refractivity contribution in [3.63, 3.8) is 0 Å². The van der Waals surface area contributed by atoms with Crippen molar-refractivity contribution in [1.82, 2.24) is 9.55 Å². The van der Waals surface area contributed by atoms with Crippen molar-refractivity contribution in [1.29, 1.82) is 0 Å². The van der Waals surface area contributed by atoms with Crippen molar-refractivity contribution < 1.29 is 17.2 Å². The molecule has 0 saturated heterocycles. The van der Waals surface area contributed by atoms with Gasteiger partial charge in [-0.1, -0.05) is 30.8 Å². The van der Waals surface area contributed by atoms with Gasteiger partial charge in [0.1, 0.15) is 17.2 Å². The number of hydrogen-bond acceptors (Lipinski definition) is 5. The van der Waals surface area contributed by atoms with Gasteiger partial charge in [-0.25, -0.2) is 17.8 Å². The highest BCUT2D eigenvalue weighted by atomic mass is 32.2. The number of rotatable bonds is 7. The summed E-state index contributed by atoms with van der Waals surface area (Å²) >= 11 is 0. The van der Waals surface area contributed by atoms with Crippen LogP contribution >= 0.6 is 0 Å². The number of halogens is 1. The molecule has 7 nitrogen and oxygen atoms in total. The van der Waals surface area contributed by atoms with Crippen molar-refractivity contribution in [2.45, 2.75) is 20.4 Å². The predicted octanol–water partition coefficient (Wildman–Crippen LogP) is 7.58. The van der Waals surface area contributed by atoms with Crippen LogP contribution in [0.4, 0.5) is 10.1 Å². The molecule has 0 aliphatic rings. The number of furan rings is 1. The molecule has 0 unspecified atom stereocenters. The van der Waals surface area contributed by atoms with E-state index in [0.717, 1.165) is 40.7 Å². The largest absolute Gasteiger partial charge is 0.455 e. The van der Waals surface area contributed by atoms with Gasteiger partial charge in [-0.15, -0.1) is 0 Å². The number of sulfonamides is 1. The highest BCUT2D eigenvalue weighted by Crippen LogP contribution is 2.43. The van der Waals surface area contributed by atoms with Crippen molar-refractivity contribution >= 4 is 43.3 Å². The third kappa shape index (κ3) is 4.85. The fourth-order valence-corrected chi connectivity index (χ4v) is 6.09. The molecular weight excluding hydrogens is 563 g/mol. The van der Waals surface area contributed by atoms with Crippen molar-refractivity contribution in [2.75, 3.05) is 17.6 Å². The maximum atomic E-state index is 13.7. The lowest BCUT2D eigenvalue weighted by Gasteiger charge is -2.21. The number of fused-ring (bicyclic) bond motifs is 2. The Morgan fingerprint density at radius 1 is 1.07 bits per heavy atom. The monoisotopic (exact) mass is 594 g/mol. The number of para-hydroxylation sites is 1. The number of nitrogens with two attached hydrogens (primary N) is 1. The van der Waals surface area contributed by atoms with Gasteiger partial charge in [0.15, 0.2) is 0 Å². The van der Waals surface area contributed by atoms with Gasteiger partial charge >= 0.3 is 0 Å². The summed E-state index contributed by atoms with van der Waals surface area (Å²) in [4.78, 5) is 5.13. The third-order valence-electron chi connectivity index (χ3n) is 7.81. The first-order chi connectivity index (χ1) is 20.5. The Labute approximate surface area is 249 Å². The SMILES string of the molecule is C=C(N)c1c(-c2ccc(F)cc2)oc2cc(N(C)S(C)(=O)=O)c(-c3ccc(C)c(-c4cc5ccccc5n4CC)n3)cc12. The fraction of sp³-hybridized carbons (Fsp3) is 0.147. The average Bonchev–Trinajstić information content (AvgIpc) is 3.54. The Morgan fingerprint density at radius 2 is 1.79 bits per heavy atom. The molecule has 43 heavy (non-hydrogen) atoms. The standard InChI is InChI=1S/C34H31FN4O3S/c1-6-39-28-10-8-7-9-23(28)17-30(39)33-20(2)11-16-27(37-33)25-18-26-31(19-29(25)38(4)43(5,40)41)42-34(32(26)21(3)36)22-12-14-24(35)15-13-22/h7-19H,3,6,36H2,1-2,4-5H3. The van der Waals surface area contributed by atoms with Crippen molar-refractivity contribution in [2.24, 2.45) is 5.73 Å². The number of nitrogens with zero attached hydrogens (tertiary/aromatic N) is 3. The van der Waals surface area contributed by atoms with Crippen LogP contribution < -0.4 is 10.0 Å². The molecule has 0 fully saturated rings. The summed E-state index contributed by atoms with van der Waals surface area (Å²) < 4.78 is 49.0. The lowest BCUT2D eigenvalue weighted by atomic mass is 9.99. The van der Waals surface area contributed by atoms with Crippen LogP contribution in [0, 0.1) is 12.7 Å². The minimum Gasteiger partial charge on any atom is -0.455 e. The molecule has 3 aromatic carbocycles. The van der Waals surface area contributed by atoms with Gasteiger partial charge in [-0.2, -0.15) is 0 Å². The molecule has 0 saturated carbocycles. The van der Waals surface area contributed by atoms with E-state index in [1.54, 1.807) is 18.2 Å². The van der Waals surface area contributed by atoms with E-state index in [-0.39, 0.29) is 11.5 Å². The highest BCUT2D eigenvalue weighted by Gasteiger charge is 2.25. The van der Waals surface area contributed by atoms with E-state index in [1.807, 2.05) is 37.3 Å². The highest BCUT2D eigenvalue weighted by molar-refractivity contribution is 7.92. The van der Waals surface area contributed by atoms with Gasteiger partial charge in [0.25, 0.3) is 0 Å². The van der Waals surface area contributed by atoms with Gasteiger partial charge < -0.3 is 14.7 Å². The summed E-state index contributed by atoms with van der Waals surface area (Å²) in [6.45, 7) is 8.84. The summed E-state index contributed by atoms with van der Waals surface area (Å²) in [6.07, 6.45) is 1.15. The zero-order chi connectivity index (χ0) is 30.6. The molecule has 3 aromatic heterocycles. The van der Waals surface area contributed by atoms with Gasteiger partial charge in [0.2, 0.25) is 10.0 Å². The molecule has 3 heterocycles. The zero-order valence-corrected chi connectivity index (χ0v) is 25.2. The molecule has 0 bridgehead atoms. The molecule has 2 N–H and O–H groups in total. The molecule has 0 aliphatic heterocycles. The minimum atomic E-state index is -3.65. The number of hydrogen-bond donors (Lipinski definition) is 1. The summed E-state index contributed by atoms with van der Waals surface area (Å²) in [6, 6.07) is 23.6. The summed E-state index contributed by atoms with van der Waals surface area (Å²) in [7, 11) is -2.16.